The van der Waals surface area contributed by atoms with Gasteiger partial charge in [0.1, 0.15) is 0 Å². The third kappa shape index (κ3) is 8.66. The molecule has 0 rings (SSSR count). The molecule has 5 heteroatoms. The summed E-state index contributed by atoms with van der Waals surface area (Å²) in [7, 11) is 0. The normalized spacial score (nSPS) is 13.8. The minimum absolute atomic E-state index is 0.206. The van der Waals surface area contributed by atoms with Gasteiger partial charge in [0.15, 0.2) is 0 Å². The van der Waals surface area contributed by atoms with Gasteiger partial charge in [-0.25, -0.2) is 8.78 Å². The molecule has 0 fully saturated rings. The van der Waals surface area contributed by atoms with E-state index in [9.17, 15) is 8.78 Å². The van der Waals surface area contributed by atoms with Crippen LogP contribution in [0.4, 0.5) is 8.78 Å². The molecule has 0 amide bonds. The van der Waals surface area contributed by atoms with Crippen molar-refractivity contribution in [3.8, 4) is 0 Å². The summed E-state index contributed by atoms with van der Waals surface area (Å²) < 4.78 is 24.3. The van der Waals surface area contributed by atoms with Crippen molar-refractivity contribution in [2.45, 2.75) is 31.9 Å². The number of alkyl halides is 2. The van der Waals surface area contributed by atoms with E-state index >= 15 is 0 Å². The second-order valence-corrected chi connectivity index (χ2v) is 10.9. The molecule has 0 N–H and O–H groups in total. The summed E-state index contributed by atoms with van der Waals surface area (Å²) in [5.74, 6) is -2.63. The van der Waals surface area contributed by atoms with E-state index in [-0.39, 0.29) is 12.5 Å². The quantitative estimate of drug-likeness (QED) is 0.490. The average Bonchev–Trinajstić information content (AvgIpc) is 1.57. The van der Waals surface area contributed by atoms with Gasteiger partial charge in [-0.1, -0.05) is 0 Å². The predicted octanol–water partition coefficient (Wildman–Crippen LogP) is 3.58. The molecule has 62 valence electrons. The molecule has 0 atom stereocenters. The van der Waals surface area contributed by atoms with E-state index in [1.807, 2.05) is 0 Å². The zero-order valence-electron chi connectivity index (χ0n) is 5.93. The first-order valence-electron chi connectivity index (χ1n) is 2.96. The smallest absolute Gasteiger partial charge is 0.207 e. The third-order valence-corrected chi connectivity index (χ3v) is 3.26. The van der Waals surface area contributed by atoms with Gasteiger partial charge in [0.2, 0.25) is 12.6 Å². The van der Waals surface area contributed by atoms with Crippen molar-refractivity contribution in [1.82, 2.24) is 0 Å². The minimum atomic E-state index is -2.63. The van der Waals surface area contributed by atoms with Gasteiger partial charge in [-0.15, -0.1) is 22.2 Å². The summed E-state index contributed by atoms with van der Waals surface area (Å²) in [6.45, 7) is 0.214. The second-order valence-electron chi connectivity index (χ2n) is 2.64. The summed E-state index contributed by atoms with van der Waals surface area (Å²) in [5, 5.41) is 0. The van der Waals surface area contributed by atoms with Gasteiger partial charge < -0.3 is 0 Å². The predicted molar refractivity (Wildman–Crippen MR) is 43.4 cm³/mol. The van der Waals surface area contributed by atoms with Crippen LogP contribution in [-0.2, 0) is 0 Å². The van der Waals surface area contributed by atoms with Gasteiger partial charge in [0.25, 0.3) is 0 Å². The largest absolute Gasteiger partial charge is 0.248 e. The highest BCUT2D eigenvalue weighted by Gasteiger charge is 2.28. The number of hydrogen-bond donors (Lipinski definition) is 0. The number of rotatable bonds is 3. The van der Waals surface area contributed by atoms with Crippen molar-refractivity contribution >= 4 is 28.9 Å². The van der Waals surface area contributed by atoms with Crippen LogP contribution < -0.4 is 0 Å². The van der Waals surface area contributed by atoms with Gasteiger partial charge in [-0.3, -0.25) is 0 Å². The van der Waals surface area contributed by atoms with Crippen molar-refractivity contribution in [3.63, 3.8) is 0 Å². The molecular formula is C5H10Cl2F2Si. The first kappa shape index (κ1) is 10.7. The van der Waals surface area contributed by atoms with Gasteiger partial charge in [-0.05, 0) is 19.5 Å². The standard InChI is InChI=1S/C5H10Cl2F2Si/c1-5(8,9)3-4-10(2,6)7/h3-4H2,1-2H3. The van der Waals surface area contributed by atoms with E-state index in [0.717, 1.165) is 6.92 Å². The topological polar surface area (TPSA) is 0 Å². The zero-order valence-corrected chi connectivity index (χ0v) is 8.44. The van der Waals surface area contributed by atoms with Crippen LogP contribution in [0.5, 0.6) is 0 Å². The van der Waals surface area contributed by atoms with Gasteiger partial charge in [-0.2, -0.15) is 0 Å². The van der Waals surface area contributed by atoms with E-state index in [4.69, 9.17) is 22.2 Å². The molecule has 0 aliphatic carbocycles. The van der Waals surface area contributed by atoms with E-state index in [0.29, 0.717) is 0 Å². The third-order valence-electron chi connectivity index (χ3n) is 1.00. The summed E-state index contributed by atoms with van der Waals surface area (Å²) >= 11 is 11.2. The van der Waals surface area contributed by atoms with Crippen LogP contribution in [0, 0.1) is 0 Å². The SMILES string of the molecule is CC(F)(F)CC[Si](C)(Cl)Cl. The Bertz CT molecular complexity index is 91.2. The first-order valence-corrected chi connectivity index (χ1v) is 7.69. The van der Waals surface area contributed by atoms with Crippen molar-refractivity contribution < 1.29 is 8.78 Å². The molecule has 0 aromatic rings. The Balaban J connectivity index is 3.56. The number of hydrogen-bond acceptors (Lipinski definition) is 0. The van der Waals surface area contributed by atoms with Crippen LogP contribution in [0.25, 0.3) is 0 Å². The molecule has 0 spiro atoms. The van der Waals surface area contributed by atoms with Crippen molar-refractivity contribution in [1.29, 1.82) is 0 Å². The Morgan fingerprint density at radius 2 is 1.80 bits per heavy atom. The second kappa shape index (κ2) is 3.37. The molecule has 0 aromatic carbocycles. The Hall–Kier alpha value is 0.657. The van der Waals surface area contributed by atoms with E-state index in [1.165, 1.54) is 0 Å². The molecule has 0 aliphatic heterocycles. The van der Waals surface area contributed by atoms with Gasteiger partial charge in [0.05, 0.1) is 0 Å². The fourth-order valence-electron chi connectivity index (χ4n) is 0.439. The van der Waals surface area contributed by atoms with Crippen LogP contribution in [0.1, 0.15) is 13.3 Å². The summed E-state index contributed by atoms with van der Waals surface area (Å²) in [5.41, 5.74) is 0. The van der Waals surface area contributed by atoms with Gasteiger partial charge >= 0.3 is 0 Å². The van der Waals surface area contributed by atoms with E-state index in [2.05, 4.69) is 0 Å². The maximum Gasteiger partial charge on any atom is 0.248 e. The maximum atomic E-state index is 12.2. The van der Waals surface area contributed by atoms with E-state index in [1.54, 1.807) is 6.55 Å². The Morgan fingerprint density at radius 3 is 1.90 bits per heavy atom. The summed E-state index contributed by atoms with van der Waals surface area (Å²) in [6, 6.07) is 0.250. The molecule has 0 aliphatic rings. The lowest BCUT2D eigenvalue weighted by Crippen LogP contribution is -2.18. The molecule has 0 radical (unpaired) electrons. The Morgan fingerprint density at radius 1 is 1.40 bits per heavy atom. The molecule has 0 saturated carbocycles. The molecule has 0 heterocycles. The van der Waals surface area contributed by atoms with E-state index < -0.39 is 12.6 Å². The molecule has 0 saturated heterocycles. The monoisotopic (exact) mass is 206 g/mol. The Labute approximate surface area is 69.9 Å². The van der Waals surface area contributed by atoms with Crippen molar-refractivity contribution in [2.75, 3.05) is 0 Å². The lowest BCUT2D eigenvalue weighted by atomic mass is 10.3. The highest BCUT2D eigenvalue weighted by molar-refractivity contribution is 7.44. The maximum absolute atomic E-state index is 12.2. The molecule has 10 heavy (non-hydrogen) atoms. The van der Waals surface area contributed by atoms with Gasteiger partial charge in [0, 0.05) is 6.42 Å². The van der Waals surface area contributed by atoms with Crippen LogP contribution in [0.15, 0.2) is 0 Å². The molecule has 0 unspecified atom stereocenters. The summed E-state index contributed by atoms with van der Waals surface area (Å²) in [6.07, 6.45) is -0.206. The van der Waals surface area contributed by atoms with Crippen LogP contribution >= 0.6 is 22.2 Å². The lowest BCUT2D eigenvalue weighted by molar-refractivity contribution is 0.0180. The average molecular weight is 207 g/mol. The van der Waals surface area contributed by atoms with Crippen LogP contribution in [-0.4, -0.2) is 12.6 Å². The van der Waals surface area contributed by atoms with Crippen molar-refractivity contribution in [3.05, 3.63) is 0 Å². The molecule has 0 nitrogen and oxygen atoms in total. The molecule has 0 aromatic heterocycles. The zero-order chi connectivity index (χ0) is 8.41. The lowest BCUT2D eigenvalue weighted by Gasteiger charge is -2.13. The highest BCUT2D eigenvalue weighted by Crippen LogP contribution is 2.28. The molecular weight excluding hydrogens is 197 g/mol. The summed E-state index contributed by atoms with van der Waals surface area (Å²) in [4.78, 5) is 0. The fourth-order valence-corrected chi connectivity index (χ4v) is 1.88. The Kier molecular flexibility index (Phi) is 3.59. The number of halogens is 4. The highest BCUT2D eigenvalue weighted by atomic mass is 35.7. The van der Waals surface area contributed by atoms with Crippen molar-refractivity contribution in [2.24, 2.45) is 0 Å². The molecule has 0 bridgehead atoms. The first-order chi connectivity index (χ1) is 4.21. The fraction of sp³-hybridized carbons (Fsp3) is 1.00. The van der Waals surface area contributed by atoms with Crippen LogP contribution in [0.3, 0.4) is 0 Å². The van der Waals surface area contributed by atoms with Crippen LogP contribution in [0.2, 0.25) is 12.6 Å². The minimum Gasteiger partial charge on any atom is -0.207 e.